The summed E-state index contributed by atoms with van der Waals surface area (Å²) in [6.07, 6.45) is 0. The van der Waals surface area contributed by atoms with Crippen LogP contribution in [0.15, 0.2) is 18.2 Å². The van der Waals surface area contributed by atoms with Gasteiger partial charge in [-0.2, -0.15) is 0 Å². The fourth-order valence-electron chi connectivity index (χ4n) is 1.37. The Hall–Kier alpha value is -0.0900. The maximum absolute atomic E-state index is 6.09. The third-order valence-corrected chi connectivity index (χ3v) is 2.98. The van der Waals surface area contributed by atoms with Gasteiger partial charge in [0.15, 0.2) is 0 Å². The van der Waals surface area contributed by atoms with Gasteiger partial charge in [-0.1, -0.05) is 19.9 Å². The Morgan fingerprint density at radius 1 is 1.31 bits per heavy atom. The van der Waals surface area contributed by atoms with Gasteiger partial charge in [0.05, 0.1) is 0 Å². The molecule has 13 heavy (non-hydrogen) atoms. The molecule has 1 aromatic carbocycles. The summed E-state index contributed by atoms with van der Waals surface area (Å²) in [6, 6.07) is 6.60. The van der Waals surface area contributed by atoms with Gasteiger partial charge < -0.3 is 5.73 Å². The van der Waals surface area contributed by atoms with Crippen LogP contribution in [0.5, 0.6) is 0 Å². The molecule has 1 nitrogen and oxygen atoms in total. The lowest BCUT2D eigenvalue weighted by Crippen LogP contribution is -2.17. The second kappa shape index (κ2) is 4.42. The van der Waals surface area contributed by atoms with Gasteiger partial charge in [-0.05, 0) is 58.7 Å². The van der Waals surface area contributed by atoms with E-state index in [0.717, 1.165) is 0 Å². The van der Waals surface area contributed by atoms with Crippen LogP contribution in [0.25, 0.3) is 0 Å². The first-order chi connectivity index (χ1) is 6.02. The molecule has 72 valence electrons. The number of benzene rings is 1. The number of hydrogen-bond acceptors (Lipinski definition) is 1. The summed E-state index contributed by atoms with van der Waals surface area (Å²) in [5, 5.41) is 0. The Balaban J connectivity index is 3.01. The molecule has 1 atom stereocenters. The molecule has 1 aromatic rings. The average Bonchev–Trinajstić information content (AvgIpc) is 2.03. The Morgan fingerprint density at radius 2 is 1.92 bits per heavy atom. The predicted octanol–water partition coefficient (Wildman–Crippen LogP) is 3.26. The van der Waals surface area contributed by atoms with Crippen LogP contribution in [0, 0.1) is 16.4 Å². The van der Waals surface area contributed by atoms with Crippen molar-refractivity contribution < 1.29 is 0 Å². The minimum Gasteiger partial charge on any atom is -0.324 e. The number of hydrogen-bond donors (Lipinski definition) is 1. The summed E-state index contributed by atoms with van der Waals surface area (Å²) >= 11 is 2.32. The quantitative estimate of drug-likeness (QED) is 0.831. The molecular formula is C11H16IN. The van der Waals surface area contributed by atoms with Crippen molar-refractivity contribution in [3.05, 3.63) is 32.9 Å². The molecule has 1 rings (SSSR count). The molecule has 0 aliphatic carbocycles. The van der Waals surface area contributed by atoms with Crippen LogP contribution in [0.1, 0.15) is 31.0 Å². The van der Waals surface area contributed by atoms with Crippen LogP contribution in [0.3, 0.4) is 0 Å². The van der Waals surface area contributed by atoms with E-state index in [2.05, 4.69) is 61.6 Å². The van der Waals surface area contributed by atoms with Gasteiger partial charge in [-0.3, -0.25) is 0 Å². The largest absolute Gasteiger partial charge is 0.324 e. The summed E-state index contributed by atoms with van der Waals surface area (Å²) in [5.74, 6) is 0.499. The molecular weight excluding hydrogens is 273 g/mol. The fraction of sp³-hybridized carbons (Fsp3) is 0.455. The van der Waals surface area contributed by atoms with E-state index in [-0.39, 0.29) is 6.04 Å². The second-order valence-corrected chi connectivity index (χ2v) is 5.02. The molecule has 2 N–H and O–H groups in total. The molecule has 0 fully saturated rings. The van der Waals surface area contributed by atoms with Crippen LogP contribution in [0.4, 0.5) is 0 Å². The van der Waals surface area contributed by atoms with Crippen LogP contribution >= 0.6 is 22.6 Å². The zero-order valence-electron chi connectivity index (χ0n) is 8.34. The fourth-order valence-corrected chi connectivity index (χ4v) is 2.02. The summed E-state index contributed by atoms with van der Waals surface area (Å²) in [7, 11) is 0. The maximum Gasteiger partial charge on any atom is 0.0320 e. The molecule has 0 saturated carbocycles. The molecule has 0 saturated heterocycles. The van der Waals surface area contributed by atoms with E-state index in [1.807, 2.05) is 0 Å². The Labute approximate surface area is 93.9 Å². The zero-order chi connectivity index (χ0) is 10.0. The molecule has 0 spiro atoms. The van der Waals surface area contributed by atoms with E-state index in [1.165, 1.54) is 14.7 Å². The van der Waals surface area contributed by atoms with Crippen LogP contribution in [-0.2, 0) is 0 Å². The van der Waals surface area contributed by atoms with Crippen LogP contribution < -0.4 is 5.73 Å². The summed E-state index contributed by atoms with van der Waals surface area (Å²) in [4.78, 5) is 0. The van der Waals surface area contributed by atoms with Gasteiger partial charge in [0, 0.05) is 9.61 Å². The highest BCUT2D eigenvalue weighted by molar-refractivity contribution is 14.1. The third kappa shape index (κ3) is 2.68. The van der Waals surface area contributed by atoms with Crippen molar-refractivity contribution in [1.82, 2.24) is 0 Å². The number of nitrogens with two attached hydrogens (primary N) is 1. The first-order valence-electron chi connectivity index (χ1n) is 4.54. The SMILES string of the molecule is Cc1cc(I)ccc1[C@@H](N)C(C)C. The number of rotatable bonds is 2. The van der Waals surface area contributed by atoms with Crippen molar-refractivity contribution in [2.45, 2.75) is 26.8 Å². The van der Waals surface area contributed by atoms with Crippen LogP contribution in [0.2, 0.25) is 0 Å². The van der Waals surface area contributed by atoms with Gasteiger partial charge in [0.1, 0.15) is 0 Å². The van der Waals surface area contributed by atoms with E-state index >= 15 is 0 Å². The molecule has 0 radical (unpaired) electrons. The summed E-state index contributed by atoms with van der Waals surface area (Å²) < 4.78 is 1.27. The molecule has 0 heterocycles. The van der Waals surface area contributed by atoms with E-state index in [0.29, 0.717) is 5.92 Å². The standard InChI is InChI=1S/C11H16IN/c1-7(2)11(13)10-5-4-9(12)6-8(10)3/h4-7,11H,13H2,1-3H3/t11-/m0/s1. The maximum atomic E-state index is 6.09. The lowest BCUT2D eigenvalue weighted by Gasteiger charge is -2.18. The van der Waals surface area contributed by atoms with Crippen LogP contribution in [-0.4, -0.2) is 0 Å². The van der Waals surface area contributed by atoms with E-state index < -0.39 is 0 Å². The third-order valence-electron chi connectivity index (χ3n) is 2.31. The highest BCUT2D eigenvalue weighted by Crippen LogP contribution is 2.23. The molecule has 0 amide bonds. The molecule has 0 aliphatic heterocycles. The monoisotopic (exact) mass is 289 g/mol. The van der Waals surface area contributed by atoms with Crippen molar-refractivity contribution in [1.29, 1.82) is 0 Å². The Morgan fingerprint density at radius 3 is 2.38 bits per heavy atom. The average molecular weight is 289 g/mol. The Kier molecular flexibility index (Phi) is 3.74. The highest BCUT2D eigenvalue weighted by atomic mass is 127. The second-order valence-electron chi connectivity index (χ2n) is 3.77. The van der Waals surface area contributed by atoms with E-state index in [9.17, 15) is 0 Å². The minimum absolute atomic E-state index is 0.164. The lowest BCUT2D eigenvalue weighted by atomic mass is 9.94. The van der Waals surface area contributed by atoms with Gasteiger partial charge in [-0.25, -0.2) is 0 Å². The van der Waals surface area contributed by atoms with E-state index in [1.54, 1.807) is 0 Å². The predicted molar refractivity (Wildman–Crippen MR) is 65.7 cm³/mol. The van der Waals surface area contributed by atoms with Crippen molar-refractivity contribution >= 4 is 22.6 Å². The van der Waals surface area contributed by atoms with E-state index in [4.69, 9.17) is 5.73 Å². The zero-order valence-corrected chi connectivity index (χ0v) is 10.5. The van der Waals surface area contributed by atoms with Crippen molar-refractivity contribution in [3.63, 3.8) is 0 Å². The normalized spacial score (nSPS) is 13.4. The molecule has 0 aromatic heterocycles. The number of halogens is 1. The molecule has 0 unspecified atom stereocenters. The smallest absolute Gasteiger partial charge is 0.0320 e. The van der Waals surface area contributed by atoms with Gasteiger partial charge >= 0.3 is 0 Å². The van der Waals surface area contributed by atoms with Gasteiger partial charge in [-0.15, -0.1) is 0 Å². The minimum atomic E-state index is 0.164. The summed E-state index contributed by atoms with van der Waals surface area (Å²) in [5.41, 5.74) is 8.66. The van der Waals surface area contributed by atoms with Gasteiger partial charge in [0.25, 0.3) is 0 Å². The first kappa shape index (κ1) is 11.0. The van der Waals surface area contributed by atoms with Crippen molar-refractivity contribution in [3.8, 4) is 0 Å². The molecule has 0 bridgehead atoms. The van der Waals surface area contributed by atoms with Gasteiger partial charge in [0.2, 0.25) is 0 Å². The lowest BCUT2D eigenvalue weighted by molar-refractivity contribution is 0.512. The van der Waals surface area contributed by atoms with Crippen molar-refractivity contribution in [2.75, 3.05) is 0 Å². The summed E-state index contributed by atoms with van der Waals surface area (Å²) in [6.45, 7) is 6.43. The van der Waals surface area contributed by atoms with Crippen molar-refractivity contribution in [2.24, 2.45) is 11.7 Å². The Bertz CT molecular complexity index is 294. The molecule has 0 aliphatic rings. The number of aryl methyl sites for hydroxylation is 1. The highest BCUT2D eigenvalue weighted by Gasteiger charge is 2.12. The topological polar surface area (TPSA) is 26.0 Å². The first-order valence-corrected chi connectivity index (χ1v) is 5.62. The molecule has 2 heteroatoms.